The zero-order chi connectivity index (χ0) is 13.1. The van der Waals surface area contributed by atoms with E-state index in [-0.39, 0.29) is 17.4 Å². The minimum absolute atomic E-state index is 0.0240. The van der Waals surface area contributed by atoms with Crippen molar-refractivity contribution in [3.63, 3.8) is 0 Å². The molecule has 94 valence electrons. The third kappa shape index (κ3) is 2.86. The number of hydrogen-bond acceptors (Lipinski definition) is 2. The highest BCUT2D eigenvalue weighted by molar-refractivity contribution is 6.31. The van der Waals surface area contributed by atoms with E-state index in [9.17, 15) is 4.39 Å². The molecule has 0 radical (unpaired) electrons. The molecule has 0 bridgehead atoms. The van der Waals surface area contributed by atoms with Crippen LogP contribution in [0.5, 0.6) is 5.75 Å². The number of nitrogens with two attached hydrogens (primary N) is 1. The van der Waals surface area contributed by atoms with Crippen molar-refractivity contribution in [3.8, 4) is 5.75 Å². The first kappa shape index (κ1) is 13.0. The molecule has 2 nitrogen and oxygen atoms in total. The predicted octanol–water partition coefficient (Wildman–Crippen LogP) is 4.29. The molecule has 0 atom stereocenters. The van der Waals surface area contributed by atoms with Gasteiger partial charge in [-0.1, -0.05) is 35.3 Å². The van der Waals surface area contributed by atoms with Crippen molar-refractivity contribution in [3.05, 3.63) is 57.8 Å². The minimum Gasteiger partial charge on any atom is -0.486 e. The summed E-state index contributed by atoms with van der Waals surface area (Å²) in [4.78, 5) is 0. The lowest BCUT2D eigenvalue weighted by atomic mass is 10.2. The molecule has 0 aliphatic carbocycles. The van der Waals surface area contributed by atoms with Gasteiger partial charge < -0.3 is 10.5 Å². The highest BCUT2D eigenvalue weighted by Crippen LogP contribution is 2.26. The van der Waals surface area contributed by atoms with Crippen LogP contribution in [0.1, 0.15) is 5.56 Å². The first-order valence-corrected chi connectivity index (χ1v) is 5.94. The second-order valence-corrected chi connectivity index (χ2v) is 4.51. The molecule has 0 saturated heterocycles. The molecular formula is C13H10Cl2FNO. The van der Waals surface area contributed by atoms with E-state index in [1.807, 2.05) is 0 Å². The lowest BCUT2D eigenvalue weighted by Crippen LogP contribution is -1.99. The van der Waals surface area contributed by atoms with Gasteiger partial charge >= 0.3 is 0 Å². The summed E-state index contributed by atoms with van der Waals surface area (Å²) in [7, 11) is 0. The molecule has 18 heavy (non-hydrogen) atoms. The quantitative estimate of drug-likeness (QED) is 0.854. The summed E-state index contributed by atoms with van der Waals surface area (Å²) >= 11 is 11.6. The van der Waals surface area contributed by atoms with Crippen LogP contribution in [0.3, 0.4) is 0 Å². The Morgan fingerprint density at radius 2 is 1.89 bits per heavy atom. The molecule has 2 N–H and O–H groups in total. The van der Waals surface area contributed by atoms with Gasteiger partial charge in [0.2, 0.25) is 0 Å². The van der Waals surface area contributed by atoms with E-state index in [1.54, 1.807) is 24.3 Å². The topological polar surface area (TPSA) is 35.2 Å². The number of halogens is 3. The van der Waals surface area contributed by atoms with Crippen molar-refractivity contribution in [1.82, 2.24) is 0 Å². The Bertz CT molecular complexity index is 575. The highest BCUT2D eigenvalue weighted by atomic mass is 35.5. The van der Waals surface area contributed by atoms with E-state index in [2.05, 4.69) is 0 Å². The van der Waals surface area contributed by atoms with Crippen molar-refractivity contribution < 1.29 is 9.13 Å². The van der Waals surface area contributed by atoms with E-state index >= 15 is 0 Å². The van der Waals surface area contributed by atoms with Crippen molar-refractivity contribution in [2.24, 2.45) is 0 Å². The van der Waals surface area contributed by atoms with E-state index in [0.717, 1.165) is 5.56 Å². The zero-order valence-electron chi connectivity index (χ0n) is 9.29. The molecule has 0 fully saturated rings. The molecule has 0 unspecified atom stereocenters. The average molecular weight is 286 g/mol. The summed E-state index contributed by atoms with van der Waals surface area (Å²) in [5.74, 6) is -0.485. The number of nitrogen functional groups attached to an aromatic ring is 1. The summed E-state index contributed by atoms with van der Waals surface area (Å²) in [6.07, 6.45) is 0. The number of anilines is 1. The molecule has 2 aromatic carbocycles. The van der Waals surface area contributed by atoms with Gasteiger partial charge in [0.25, 0.3) is 0 Å². The Morgan fingerprint density at radius 3 is 2.61 bits per heavy atom. The summed E-state index contributed by atoms with van der Waals surface area (Å²) in [5, 5.41) is 0.508. The lowest BCUT2D eigenvalue weighted by Gasteiger charge is -2.09. The third-order valence-electron chi connectivity index (χ3n) is 2.38. The van der Waals surface area contributed by atoms with Crippen LogP contribution in [0.4, 0.5) is 10.1 Å². The van der Waals surface area contributed by atoms with Crippen molar-refractivity contribution in [1.29, 1.82) is 0 Å². The van der Waals surface area contributed by atoms with Crippen LogP contribution >= 0.6 is 23.2 Å². The molecule has 2 aromatic rings. The summed E-state index contributed by atoms with van der Waals surface area (Å²) in [6, 6.07) is 9.64. The van der Waals surface area contributed by atoms with Crippen LogP contribution in [0.2, 0.25) is 10.0 Å². The monoisotopic (exact) mass is 285 g/mol. The Kier molecular flexibility index (Phi) is 3.94. The maximum absolute atomic E-state index is 13.6. The van der Waals surface area contributed by atoms with Gasteiger partial charge in [0.15, 0.2) is 11.6 Å². The minimum atomic E-state index is -0.578. The Balaban J connectivity index is 2.14. The molecule has 0 saturated carbocycles. The molecular weight excluding hydrogens is 276 g/mol. The van der Waals surface area contributed by atoms with Crippen LogP contribution in [0.25, 0.3) is 0 Å². The van der Waals surface area contributed by atoms with Crippen molar-refractivity contribution in [2.75, 3.05) is 5.73 Å². The Labute approximate surface area is 114 Å². The van der Waals surface area contributed by atoms with E-state index in [4.69, 9.17) is 33.7 Å². The van der Waals surface area contributed by atoms with Gasteiger partial charge in [-0.2, -0.15) is 0 Å². The second-order valence-electron chi connectivity index (χ2n) is 3.69. The van der Waals surface area contributed by atoms with Gasteiger partial charge in [-0.3, -0.25) is 0 Å². The van der Waals surface area contributed by atoms with E-state index in [0.29, 0.717) is 10.7 Å². The summed E-state index contributed by atoms with van der Waals surface area (Å²) < 4.78 is 18.9. The molecule has 2 rings (SSSR count). The summed E-state index contributed by atoms with van der Waals surface area (Å²) in [6.45, 7) is 0.149. The highest BCUT2D eigenvalue weighted by Gasteiger charge is 2.08. The molecule has 0 spiro atoms. The van der Waals surface area contributed by atoms with Gasteiger partial charge in [0.1, 0.15) is 6.61 Å². The number of rotatable bonds is 3. The van der Waals surface area contributed by atoms with Gasteiger partial charge in [0.05, 0.1) is 5.02 Å². The van der Waals surface area contributed by atoms with Crippen LogP contribution < -0.4 is 10.5 Å². The van der Waals surface area contributed by atoms with Crippen LogP contribution in [0.15, 0.2) is 36.4 Å². The smallest absolute Gasteiger partial charge is 0.183 e. The fourth-order valence-corrected chi connectivity index (χ4v) is 1.84. The molecule has 0 aromatic heterocycles. The third-order valence-corrected chi connectivity index (χ3v) is 3.02. The first-order valence-electron chi connectivity index (χ1n) is 5.18. The normalized spacial score (nSPS) is 10.4. The average Bonchev–Trinajstić information content (AvgIpc) is 2.33. The molecule has 0 heterocycles. The Morgan fingerprint density at radius 1 is 1.11 bits per heavy atom. The van der Waals surface area contributed by atoms with Crippen molar-refractivity contribution in [2.45, 2.75) is 6.61 Å². The predicted molar refractivity (Wildman–Crippen MR) is 71.6 cm³/mol. The molecule has 0 amide bonds. The number of hydrogen-bond donors (Lipinski definition) is 1. The van der Waals surface area contributed by atoms with Gasteiger partial charge in [0, 0.05) is 16.3 Å². The maximum Gasteiger partial charge on any atom is 0.183 e. The molecule has 0 aliphatic heterocycles. The molecule has 0 aliphatic rings. The van der Waals surface area contributed by atoms with E-state index < -0.39 is 5.82 Å². The second kappa shape index (κ2) is 5.46. The number of benzene rings is 2. The molecule has 5 heteroatoms. The fourth-order valence-electron chi connectivity index (χ4n) is 1.43. The maximum atomic E-state index is 13.6. The van der Waals surface area contributed by atoms with E-state index in [1.165, 1.54) is 12.1 Å². The van der Waals surface area contributed by atoms with Gasteiger partial charge in [-0.05, 0) is 24.3 Å². The van der Waals surface area contributed by atoms with Crippen LogP contribution in [-0.2, 0) is 6.61 Å². The largest absolute Gasteiger partial charge is 0.486 e. The van der Waals surface area contributed by atoms with Crippen molar-refractivity contribution >= 4 is 28.9 Å². The Hall–Kier alpha value is -1.45. The van der Waals surface area contributed by atoms with Crippen LogP contribution in [-0.4, -0.2) is 0 Å². The standard InChI is InChI=1S/C13H10Cl2FNO/c14-10-2-1-3-12(13(10)16)18-7-8-4-5-9(17)6-11(8)15/h1-6H,7,17H2. The van der Waals surface area contributed by atoms with Gasteiger partial charge in [-0.15, -0.1) is 0 Å². The zero-order valence-corrected chi connectivity index (χ0v) is 10.8. The van der Waals surface area contributed by atoms with Gasteiger partial charge in [-0.25, -0.2) is 4.39 Å². The first-order chi connectivity index (χ1) is 8.58. The number of ether oxygens (including phenoxy) is 1. The SMILES string of the molecule is Nc1ccc(COc2cccc(Cl)c2F)c(Cl)c1. The summed E-state index contributed by atoms with van der Waals surface area (Å²) in [5.41, 5.74) is 6.87. The fraction of sp³-hybridized carbons (Fsp3) is 0.0769. The van der Waals surface area contributed by atoms with Crippen LogP contribution in [0, 0.1) is 5.82 Å². The lowest BCUT2D eigenvalue weighted by molar-refractivity contribution is 0.290.